The van der Waals surface area contributed by atoms with E-state index in [0.717, 1.165) is 12.4 Å². The maximum atomic E-state index is 12.1. The molecule has 0 bridgehead atoms. The van der Waals surface area contributed by atoms with Crippen molar-refractivity contribution in [2.24, 2.45) is 5.92 Å². The van der Waals surface area contributed by atoms with E-state index in [-0.39, 0.29) is 5.56 Å². The van der Waals surface area contributed by atoms with Crippen molar-refractivity contribution < 1.29 is 0 Å². The molecule has 2 rings (SSSR count). The fourth-order valence-electron chi connectivity index (χ4n) is 1.79. The average Bonchev–Trinajstić information content (AvgIpc) is 2.76. The molecule has 0 spiro atoms. The Kier molecular flexibility index (Phi) is 4.14. The Morgan fingerprint density at radius 1 is 1.37 bits per heavy atom. The normalized spacial score (nSPS) is 11.2. The monoisotopic (exact) mass is 325 g/mol. The molecule has 0 saturated carbocycles. The number of hydrogen-bond acceptors (Lipinski definition) is 4. The van der Waals surface area contributed by atoms with Crippen LogP contribution in [0, 0.1) is 12.8 Å². The van der Waals surface area contributed by atoms with Crippen LogP contribution in [-0.4, -0.2) is 24.3 Å². The van der Waals surface area contributed by atoms with Crippen LogP contribution in [0.4, 0.5) is 0 Å². The van der Waals surface area contributed by atoms with Crippen molar-refractivity contribution in [1.82, 2.24) is 24.3 Å². The highest BCUT2D eigenvalue weighted by Gasteiger charge is 2.11. The highest BCUT2D eigenvalue weighted by Crippen LogP contribution is 2.06. The molecule has 6 nitrogen and oxygen atoms in total. The fraction of sp³-hybridized carbons (Fsp3) is 0.500. The molecule has 0 aliphatic heterocycles. The van der Waals surface area contributed by atoms with E-state index in [1.165, 1.54) is 12.5 Å². The van der Waals surface area contributed by atoms with E-state index in [4.69, 9.17) is 0 Å². The molecule has 0 N–H and O–H groups in total. The van der Waals surface area contributed by atoms with Crippen LogP contribution in [0.3, 0.4) is 0 Å². The van der Waals surface area contributed by atoms with Crippen molar-refractivity contribution in [3.05, 3.63) is 39.0 Å². The van der Waals surface area contributed by atoms with Gasteiger partial charge in [-0.2, -0.15) is 5.10 Å². The maximum absolute atomic E-state index is 12.1. The van der Waals surface area contributed by atoms with Crippen LogP contribution in [0.25, 0.3) is 0 Å². The van der Waals surface area contributed by atoms with Gasteiger partial charge in [0.25, 0.3) is 5.56 Å². The minimum Gasteiger partial charge on any atom is -0.288 e. The molecule has 0 aliphatic carbocycles. The van der Waals surface area contributed by atoms with Crippen molar-refractivity contribution in [3.8, 4) is 0 Å². The molecule has 0 saturated heterocycles. The summed E-state index contributed by atoms with van der Waals surface area (Å²) in [5, 5.41) is 4.19. The molecular formula is C12H16BrN5O. The predicted molar refractivity (Wildman–Crippen MR) is 74.9 cm³/mol. The molecule has 2 heterocycles. The Balaban J connectivity index is 2.35. The molecule has 0 unspecified atom stereocenters. The van der Waals surface area contributed by atoms with Crippen LogP contribution in [-0.2, 0) is 13.1 Å². The van der Waals surface area contributed by atoms with Gasteiger partial charge in [0, 0.05) is 12.7 Å². The SMILES string of the molecule is Cc1ncc(Br)c(=O)n1Cc1ncnn1CC(C)C. The van der Waals surface area contributed by atoms with Crippen LogP contribution in [0.15, 0.2) is 21.8 Å². The lowest BCUT2D eigenvalue weighted by Gasteiger charge is -2.11. The van der Waals surface area contributed by atoms with Gasteiger partial charge in [0.2, 0.25) is 0 Å². The summed E-state index contributed by atoms with van der Waals surface area (Å²) in [5.74, 6) is 1.89. The van der Waals surface area contributed by atoms with E-state index in [1.54, 1.807) is 11.5 Å². The van der Waals surface area contributed by atoms with E-state index in [9.17, 15) is 4.79 Å². The number of aromatic nitrogens is 5. The highest BCUT2D eigenvalue weighted by atomic mass is 79.9. The number of hydrogen-bond donors (Lipinski definition) is 0. The number of halogens is 1. The summed E-state index contributed by atoms with van der Waals surface area (Å²) >= 11 is 3.20. The molecule has 2 aromatic rings. The zero-order valence-electron chi connectivity index (χ0n) is 11.2. The highest BCUT2D eigenvalue weighted by molar-refractivity contribution is 9.10. The summed E-state index contributed by atoms with van der Waals surface area (Å²) in [4.78, 5) is 20.5. The van der Waals surface area contributed by atoms with Gasteiger partial charge in [0.1, 0.15) is 22.4 Å². The van der Waals surface area contributed by atoms with Crippen LogP contribution in [0.2, 0.25) is 0 Å². The second-order valence-corrected chi connectivity index (χ2v) is 5.65. The first-order valence-corrected chi connectivity index (χ1v) is 6.87. The summed E-state index contributed by atoms with van der Waals surface area (Å²) in [5.41, 5.74) is -0.105. The third-order valence-electron chi connectivity index (χ3n) is 2.74. The first-order chi connectivity index (χ1) is 8.99. The van der Waals surface area contributed by atoms with Crippen LogP contribution >= 0.6 is 15.9 Å². The second-order valence-electron chi connectivity index (χ2n) is 4.80. The van der Waals surface area contributed by atoms with E-state index >= 15 is 0 Å². The average molecular weight is 326 g/mol. The van der Waals surface area contributed by atoms with Gasteiger partial charge < -0.3 is 0 Å². The quantitative estimate of drug-likeness (QED) is 0.856. The van der Waals surface area contributed by atoms with E-state index in [2.05, 4.69) is 44.8 Å². The van der Waals surface area contributed by atoms with Gasteiger partial charge in [-0.05, 0) is 28.8 Å². The third kappa shape index (κ3) is 3.09. The topological polar surface area (TPSA) is 65.6 Å². The zero-order chi connectivity index (χ0) is 14.0. The molecule has 0 atom stereocenters. The van der Waals surface area contributed by atoms with Crippen LogP contribution < -0.4 is 5.56 Å². The summed E-state index contributed by atoms with van der Waals surface area (Å²) in [6, 6.07) is 0. The van der Waals surface area contributed by atoms with Crippen molar-refractivity contribution in [2.75, 3.05) is 0 Å². The van der Waals surface area contributed by atoms with Gasteiger partial charge in [-0.15, -0.1) is 0 Å². The first-order valence-electron chi connectivity index (χ1n) is 6.07. The van der Waals surface area contributed by atoms with Crippen molar-refractivity contribution in [2.45, 2.75) is 33.9 Å². The lowest BCUT2D eigenvalue weighted by molar-refractivity contribution is 0.458. The third-order valence-corrected chi connectivity index (χ3v) is 3.28. The van der Waals surface area contributed by atoms with Crippen molar-refractivity contribution in [3.63, 3.8) is 0 Å². The van der Waals surface area contributed by atoms with Gasteiger partial charge in [-0.25, -0.2) is 14.6 Å². The molecular weight excluding hydrogens is 310 g/mol. The van der Waals surface area contributed by atoms with Gasteiger partial charge in [0.15, 0.2) is 0 Å². The minimum absolute atomic E-state index is 0.105. The number of nitrogens with zero attached hydrogens (tertiary/aromatic N) is 5. The van der Waals surface area contributed by atoms with E-state index in [1.807, 2.05) is 4.68 Å². The standard InChI is InChI=1S/C12H16BrN5O/c1-8(2)5-18-11(15-7-16-18)6-17-9(3)14-4-10(13)12(17)19/h4,7-8H,5-6H2,1-3H3. The fourth-order valence-corrected chi connectivity index (χ4v) is 2.10. The first kappa shape index (κ1) is 13.9. The smallest absolute Gasteiger partial charge is 0.268 e. The van der Waals surface area contributed by atoms with Gasteiger partial charge in [0.05, 0.1) is 6.54 Å². The van der Waals surface area contributed by atoms with Gasteiger partial charge in [-0.1, -0.05) is 13.8 Å². The minimum atomic E-state index is -0.105. The van der Waals surface area contributed by atoms with E-state index < -0.39 is 0 Å². The van der Waals surface area contributed by atoms with Gasteiger partial charge in [-0.3, -0.25) is 9.36 Å². The molecule has 0 aromatic carbocycles. The predicted octanol–water partition coefficient (Wildman–Crippen LogP) is 1.61. The summed E-state index contributed by atoms with van der Waals surface area (Å²) in [6.07, 6.45) is 3.04. The maximum Gasteiger partial charge on any atom is 0.268 e. The molecule has 0 amide bonds. The molecule has 0 aliphatic rings. The number of rotatable bonds is 4. The van der Waals surface area contributed by atoms with Crippen molar-refractivity contribution in [1.29, 1.82) is 0 Å². The number of aryl methyl sites for hydroxylation is 1. The molecule has 2 aromatic heterocycles. The zero-order valence-corrected chi connectivity index (χ0v) is 12.8. The van der Waals surface area contributed by atoms with Crippen molar-refractivity contribution >= 4 is 15.9 Å². The lowest BCUT2D eigenvalue weighted by Crippen LogP contribution is -2.26. The Morgan fingerprint density at radius 2 is 2.11 bits per heavy atom. The van der Waals surface area contributed by atoms with Crippen LogP contribution in [0.5, 0.6) is 0 Å². The Labute approximate surface area is 119 Å². The van der Waals surface area contributed by atoms with E-state index in [0.29, 0.717) is 22.8 Å². The summed E-state index contributed by atoms with van der Waals surface area (Å²) in [7, 11) is 0. The molecule has 7 heteroatoms. The molecule has 19 heavy (non-hydrogen) atoms. The lowest BCUT2D eigenvalue weighted by atomic mass is 10.2. The second kappa shape index (κ2) is 5.64. The van der Waals surface area contributed by atoms with Gasteiger partial charge >= 0.3 is 0 Å². The molecule has 102 valence electrons. The molecule has 0 radical (unpaired) electrons. The molecule has 0 fully saturated rings. The summed E-state index contributed by atoms with van der Waals surface area (Å²) in [6.45, 7) is 7.19. The Bertz CT molecular complexity index is 631. The Hall–Kier alpha value is -1.50. The van der Waals surface area contributed by atoms with Crippen LogP contribution in [0.1, 0.15) is 25.5 Å². The summed E-state index contributed by atoms with van der Waals surface area (Å²) < 4.78 is 3.87. The Morgan fingerprint density at radius 3 is 2.79 bits per heavy atom. The largest absolute Gasteiger partial charge is 0.288 e.